The lowest BCUT2D eigenvalue weighted by atomic mass is 9.81. The molecular formula is C15H24ClNO. The highest BCUT2D eigenvalue weighted by molar-refractivity contribution is 6.30. The van der Waals surface area contributed by atoms with Crippen LogP contribution in [0.15, 0.2) is 18.2 Å². The van der Waals surface area contributed by atoms with Gasteiger partial charge in [0.1, 0.15) is 5.75 Å². The van der Waals surface area contributed by atoms with Crippen LogP contribution in [0.1, 0.15) is 39.7 Å². The molecule has 0 saturated carbocycles. The minimum atomic E-state index is 0.0398. The van der Waals surface area contributed by atoms with E-state index in [4.69, 9.17) is 16.3 Å². The highest BCUT2D eigenvalue weighted by atomic mass is 35.5. The Kier molecular flexibility index (Phi) is 5.48. The molecule has 0 aliphatic heterocycles. The maximum absolute atomic E-state index is 6.09. The average Bonchev–Trinajstić information content (AvgIpc) is 2.28. The van der Waals surface area contributed by atoms with Crippen molar-refractivity contribution >= 4 is 11.6 Å². The number of benzene rings is 1. The summed E-state index contributed by atoms with van der Waals surface area (Å²) < 4.78 is 5.44. The number of methoxy groups -OCH3 is 1. The van der Waals surface area contributed by atoms with Gasteiger partial charge < -0.3 is 10.1 Å². The number of hydrogen-bond donors (Lipinski definition) is 1. The first-order chi connectivity index (χ1) is 8.36. The third-order valence-electron chi connectivity index (χ3n) is 3.19. The fourth-order valence-electron chi connectivity index (χ4n) is 2.02. The van der Waals surface area contributed by atoms with E-state index in [0.717, 1.165) is 23.7 Å². The molecule has 2 nitrogen and oxygen atoms in total. The molecule has 1 rings (SSSR count). The SMILES string of the molecule is COc1ccc(Cl)cc1C(C)(C)CCNC(C)C. The van der Waals surface area contributed by atoms with Crippen LogP contribution in [0, 0.1) is 0 Å². The number of nitrogens with one attached hydrogen (secondary N) is 1. The second kappa shape index (κ2) is 6.44. The van der Waals surface area contributed by atoms with E-state index >= 15 is 0 Å². The Labute approximate surface area is 116 Å². The molecule has 0 aromatic heterocycles. The zero-order valence-electron chi connectivity index (χ0n) is 12.0. The van der Waals surface area contributed by atoms with E-state index in [1.54, 1.807) is 7.11 Å². The predicted molar refractivity (Wildman–Crippen MR) is 78.8 cm³/mol. The lowest BCUT2D eigenvalue weighted by Gasteiger charge is -2.28. The lowest BCUT2D eigenvalue weighted by Crippen LogP contribution is -2.29. The number of ether oxygens (including phenoxy) is 1. The van der Waals surface area contributed by atoms with Gasteiger partial charge in [-0.3, -0.25) is 0 Å². The van der Waals surface area contributed by atoms with Gasteiger partial charge in [0.25, 0.3) is 0 Å². The Morgan fingerprint density at radius 3 is 2.56 bits per heavy atom. The molecule has 1 N–H and O–H groups in total. The van der Waals surface area contributed by atoms with E-state index < -0.39 is 0 Å². The van der Waals surface area contributed by atoms with Crippen LogP contribution in [0.2, 0.25) is 5.02 Å². The predicted octanol–water partition coefficient (Wildman–Crippen LogP) is 4.01. The molecule has 102 valence electrons. The molecule has 18 heavy (non-hydrogen) atoms. The summed E-state index contributed by atoms with van der Waals surface area (Å²) in [6.45, 7) is 9.76. The van der Waals surface area contributed by atoms with Crippen molar-refractivity contribution in [3.63, 3.8) is 0 Å². The van der Waals surface area contributed by atoms with Crippen molar-refractivity contribution < 1.29 is 4.74 Å². The highest BCUT2D eigenvalue weighted by Gasteiger charge is 2.24. The summed E-state index contributed by atoms with van der Waals surface area (Å²) in [4.78, 5) is 0. The third-order valence-corrected chi connectivity index (χ3v) is 3.43. The summed E-state index contributed by atoms with van der Waals surface area (Å²) in [7, 11) is 1.70. The third kappa shape index (κ3) is 4.18. The summed E-state index contributed by atoms with van der Waals surface area (Å²) >= 11 is 6.09. The van der Waals surface area contributed by atoms with Gasteiger partial charge in [-0.15, -0.1) is 0 Å². The van der Waals surface area contributed by atoms with E-state index in [1.165, 1.54) is 5.56 Å². The van der Waals surface area contributed by atoms with Crippen LogP contribution in [0.3, 0.4) is 0 Å². The molecule has 0 radical (unpaired) electrons. The van der Waals surface area contributed by atoms with Gasteiger partial charge in [0.2, 0.25) is 0 Å². The van der Waals surface area contributed by atoms with E-state index in [1.807, 2.05) is 18.2 Å². The topological polar surface area (TPSA) is 21.3 Å². The van der Waals surface area contributed by atoms with Crippen LogP contribution in [0.25, 0.3) is 0 Å². The van der Waals surface area contributed by atoms with Crippen molar-refractivity contribution in [2.75, 3.05) is 13.7 Å². The van der Waals surface area contributed by atoms with Crippen LogP contribution in [0.5, 0.6) is 5.75 Å². The zero-order chi connectivity index (χ0) is 13.8. The molecule has 0 aliphatic rings. The Balaban J connectivity index is 2.85. The average molecular weight is 270 g/mol. The van der Waals surface area contributed by atoms with Crippen LogP contribution < -0.4 is 10.1 Å². The number of rotatable bonds is 6. The van der Waals surface area contributed by atoms with Crippen molar-refractivity contribution in [1.82, 2.24) is 5.32 Å². The highest BCUT2D eigenvalue weighted by Crippen LogP contribution is 2.35. The van der Waals surface area contributed by atoms with E-state index in [9.17, 15) is 0 Å². The summed E-state index contributed by atoms with van der Waals surface area (Å²) in [6, 6.07) is 6.33. The molecule has 0 atom stereocenters. The van der Waals surface area contributed by atoms with Crippen LogP contribution in [0.4, 0.5) is 0 Å². The van der Waals surface area contributed by atoms with E-state index in [0.29, 0.717) is 6.04 Å². The normalized spacial score (nSPS) is 11.9. The van der Waals surface area contributed by atoms with Crippen molar-refractivity contribution in [1.29, 1.82) is 0 Å². The molecule has 1 aromatic carbocycles. The second-order valence-corrected chi connectivity index (χ2v) is 6.02. The Morgan fingerprint density at radius 1 is 1.33 bits per heavy atom. The van der Waals surface area contributed by atoms with E-state index in [-0.39, 0.29) is 5.41 Å². The maximum atomic E-state index is 6.09. The molecule has 0 bridgehead atoms. The monoisotopic (exact) mass is 269 g/mol. The van der Waals surface area contributed by atoms with Crippen molar-refractivity contribution in [3.8, 4) is 5.75 Å². The Morgan fingerprint density at radius 2 is 2.00 bits per heavy atom. The smallest absolute Gasteiger partial charge is 0.122 e. The van der Waals surface area contributed by atoms with Gasteiger partial charge in [0.05, 0.1) is 7.11 Å². The summed E-state index contributed by atoms with van der Waals surface area (Å²) in [6.07, 6.45) is 1.04. The standard InChI is InChI=1S/C15H24ClNO/c1-11(2)17-9-8-15(3,4)13-10-12(16)6-7-14(13)18-5/h6-7,10-11,17H,8-9H2,1-5H3. The molecule has 0 saturated heterocycles. The van der Waals surface area contributed by atoms with Crippen molar-refractivity contribution in [2.45, 2.75) is 45.6 Å². The minimum absolute atomic E-state index is 0.0398. The number of hydrogen-bond acceptors (Lipinski definition) is 2. The van der Waals surface area contributed by atoms with Gasteiger partial charge in [-0.25, -0.2) is 0 Å². The Hall–Kier alpha value is -0.730. The van der Waals surface area contributed by atoms with Crippen LogP contribution in [-0.2, 0) is 5.41 Å². The molecule has 0 amide bonds. The fourth-order valence-corrected chi connectivity index (χ4v) is 2.19. The molecule has 3 heteroatoms. The molecule has 1 aromatic rings. The van der Waals surface area contributed by atoms with Crippen LogP contribution in [-0.4, -0.2) is 19.7 Å². The largest absolute Gasteiger partial charge is 0.496 e. The molecule has 0 fully saturated rings. The zero-order valence-corrected chi connectivity index (χ0v) is 12.8. The van der Waals surface area contributed by atoms with Gasteiger partial charge in [0, 0.05) is 16.6 Å². The van der Waals surface area contributed by atoms with Gasteiger partial charge in [-0.1, -0.05) is 39.3 Å². The molecule has 0 aliphatic carbocycles. The van der Waals surface area contributed by atoms with Gasteiger partial charge in [0.15, 0.2) is 0 Å². The second-order valence-electron chi connectivity index (χ2n) is 5.59. The van der Waals surface area contributed by atoms with Crippen molar-refractivity contribution in [3.05, 3.63) is 28.8 Å². The molecular weight excluding hydrogens is 246 g/mol. The molecule has 0 heterocycles. The Bertz CT molecular complexity index is 388. The van der Waals surface area contributed by atoms with Crippen LogP contribution >= 0.6 is 11.6 Å². The summed E-state index contributed by atoms with van der Waals surface area (Å²) in [5.74, 6) is 0.911. The number of halogens is 1. The first kappa shape index (κ1) is 15.3. The van der Waals surface area contributed by atoms with Gasteiger partial charge in [-0.05, 0) is 36.6 Å². The molecule has 0 unspecified atom stereocenters. The van der Waals surface area contributed by atoms with Crippen molar-refractivity contribution in [2.24, 2.45) is 0 Å². The van der Waals surface area contributed by atoms with Gasteiger partial charge >= 0.3 is 0 Å². The first-order valence-corrected chi connectivity index (χ1v) is 6.82. The quantitative estimate of drug-likeness (QED) is 0.842. The minimum Gasteiger partial charge on any atom is -0.496 e. The molecule has 0 spiro atoms. The summed E-state index contributed by atoms with van der Waals surface area (Å²) in [5.41, 5.74) is 1.21. The lowest BCUT2D eigenvalue weighted by molar-refractivity contribution is 0.380. The first-order valence-electron chi connectivity index (χ1n) is 6.44. The maximum Gasteiger partial charge on any atom is 0.122 e. The van der Waals surface area contributed by atoms with E-state index in [2.05, 4.69) is 33.0 Å². The summed E-state index contributed by atoms with van der Waals surface area (Å²) in [5, 5.41) is 4.21. The fraction of sp³-hybridized carbons (Fsp3) is 0.600. The van der Waals surface area contributed by atoms with Gasteiger partial charge in [-0.2, -0.15) is 0 Å².